The van der Waals surface area contributed by atoms with Crippen LogP contribution >= 0.6 is 0 Å². The van der Waals surface area contributed by atoms with E-state index in [0.717, 1.165) is 25.7 Å². The molecule has 0 aromatic carbocycles. The second-order valence-electron chi connectivity index (χ2n) is 8.53. The fourth-order valence-corrected chi connectivity index (χ4v) is 3.61. The van der Waals surface area contributed by atoms with Crippen LogP contribution in [0.3, 0.4) is 0 Å². The van der Waals surface area contributed by atoms with Crippen molar-refractivity contribution in [2.45, 2.75) is 142 Å². The van der Waals surface area contributed by atoms with Crippen molar-refractivity contribution < 1.29 is 9.59 Å². The molecule has 0 heterocycles. The van der Waals surface area contributed by atoms with E-state index in [-0.39, 0.29) is 18.5 Å². The summed E-state index contributed by atoms with van der Waals surface area (Å²) in [6, 6.07) is 0. The summed E-state index contributed by atoms with van der Waals surface area (Å²) in [6.07, 6.45) is 23.8. The zero-order chi connectivity index (χ0) is 21.4. The Labute approximate surface area is 181 Å². The van der Waals surface area contributed by atoms with Crippen molar-refractivity contribution in [3.8, 4) is 0 Å². The molecule has 0 atom stereocenters. The van der Waals surface area contributed by atoms with Gasteiger partial charge >= 0.3 is 0 Å². The van der Waals surface area contributed by atoms with Crippen molar-refractivity contribution in [3.05, 3.63) is 0 Å². The molecule has 2 amide bonds. The second-order valence-corrected chi connectivity index (χ2v) is 8.53. The van der Waals surface area contributed by atoms with E-state index >= 15 is 0 Å². The summed E-state index contributed by atoms with van der Waals surface area (Å²) in [5.41, 5.74) is 0. The van der Waals surface area contributed by atoms with Crippen molar-refractivity contribution in [1.29, 1.82) is 0 Å². The molecule has 0 aromatic heterocycles. The van der Waals surface area contributed by atoms with Gasteiger partial charge in [0, 0.05) is 12.8 Å². The molecule has 0 fully saturated rings. The van der Waals surface area contributed by atoms with Gasteiger partial charge in [-0.25, -0.2) is 0 Å². The van der Waals surface area contributed by atoms with Crippen LogP contribution in [-0.2, 0) is 9.59 Å². The lowest BCUT2D eigenvalue weighted by molar-refractivity contribution is -0.123. The van der Waals surface area contributed by atoms with Crippen LogP contribution in [0.4, 0.5) is 0 Å². The average molecular weight is 411 g/mol. The largest absolute Gasteiger partial charge is 0.339 e. The van der Waals surface area contributed by atoms with Crippen LogP contribution in [0.2, 0.25) is 0 Å². The van der Waals surface area contributed by atoms with E-state index in [9.17, 15) is 9.59 Å². The summed E-state index contributed by atoms with van der Waals surface area (Å²) in [6.45, 7) is 4.76. The predicted molar refractivity (Wildman–Crippen MR) is 125 cm³/mol. The molecule has 0 aliphatic rings. The molecule has 29 heavy (non-hydrogen) atoms. The summed E-state index contributed by atoms with van der Waals surface area (Å²) in [5.74, 6) is 0.104. The third kappa shape index (κ3) is 23.1. The fourth-order valence-electron chi connectivity index (χ4n) is 3.61. The molecule has 2 N–H and O–H groups in total. The van der Waals surface area contributed by atoms with E-state index in [4.69, 9.17) is 0 Å². The standard InChI is InChI=1S/C25H50N2O2/c1-3-5-7-9-11-13-15-17-19-21-24(28)26-23-27-25(29)22-20-18-16-14-12-10-8-6-4-2/h3-23H2,1-2H3,(H,26,28)(H,27,29). The lowest BCUT2D eigenvalue weighted by Crippen LogP contribution is -2.37. The highest BCUT2D eigenvalue weighted by atomic mass is 16.2. The lowest BCUT2D eigenvalue weighted by atomic mass is 10.1. The highest BCUT2D eigenvalue weighted by Gasteiger charge is 2.03. The molecule has 0 spiro atoms. The van der Waals surface area contributed by atoms with Crippen LogP contribution in [0.25, 0.3) is 0 Å². The van der Waals surface area contributed by atoms with Crippen molar-refractivity contribution in [3.63, 3.8) is 0 Å². The Bertz CT molecular complexity index is 338. The molecule has 0 aliphatic carbocycles. The number of unbranched alkanes of at least 4 members (excludes halogenated alkanes) is 16. The van der Waals surface area contributed by atoms with E-state index in [1.807, 2.05) is 0 Å². The summed E-state index contributed by atoms with van der Waals surface area (Å²) in [5, 5.41) is 5.61. The maximum atomic E-state index is 11.8. The van der Waals surface area contributed by atoms with Crippen LogP contribution in [0.1, 0.15) is 142 Å². The first-order chi connectivity index (χ1) is 14.2. The molecule has 0 rings (SSSR count). The van der Waals surface area contributed by atoms with Crippen molar-refractivity contribution >= 4 is 11.8 Å². The first kappa shape index (κ1) is 27.9. The number of carbonyl (C=O) groups excluding carboxylic acids is 2. The minimum Gasteiger partial charge on any atom is -0.339 e. The predicted octanol–water partition coefficient (Wildman–Crippen LogP) is 7.02. The molecule has 0 aliphatic heterocycles. The third-order valence-electron chi connectivity index (χ3n) is 5.59. The smallest absolute Gasteiger partial charge is 0.221 e. The Balaban J connectivity index is 3.31. The molecule has 0 aromatic rings. The van der Waals surface area contributed by atoms with Gasteiger partial charge in [0.2, 0.25) is 11.8 Å². The van der Waals surface area contributed by atoms with E-state index in [2.05, 4.69) is 24.5 Å². The van der Waals surface area contributed by atoms with Gasteiger partial charge in [-0.3, -0.25) is 9.59 Å². The van der Waals surface area contributed by atoms with Crippen LogP contribution in [0.5, 0.6) is 0 Å². The third-order valence-corrected chi connectivity index (χ3v) is 5.59. The number of hydrogen-bond donors (Lipinski definition) is 2. The van der Waals surface area contributed by atoms with Crippen LogP contribution in [-0.4, -0.2) is 18.5 Å². The molecular weight excluding hydrogens is 360 g/mol. The molecule has 0 unspecified atom stereocenters. The number of amides is 2. The van der Waals surface area contributed by atoms with Crippen molar-refractivity contribution in [2.24, 2.45) is 0 Å². The fraction of sp³-hybridized carbons (Fsp3) is 0.920. The van der Waals surface area contributed by atoms with Crippen molar-refractivity contribution in [1.82, 2.24) is 10.6 Å². The molecular formula is C25H50N2O2. The quantitative estimate of drug-likeness (QED) is 0.149. The topological polar surface area (TPSA) is 58.2 Å². The Kier molecular flexibility index (Phi) is 22.4. The minimum atomic E-state index is 0.0521. The van der Waals surface area contributed by atoms with Gasteiger partial charge in [0.25, 0.3) is 0 Å². The molecule has 0 bridgehead atoms. The number of rotatable bonds is 22. The zero-order valence-corrected chi connectivity index (χ0v) is 19.7. The molecule has 4 nitrogen and oxygen atoms in total. The summed E-state index contributed by atoms with van der Waals surface area (Å²) >= 11 is 0. The van der Waals surface area contributed by atoms with E-state index in [1.54, 1.807) is 0 Å². The monoisotopic (exact) mass is 410 g/mol. The maximum absolute atomic E-state index is 11.8. The van der Waals surface area contributed by atoms with E-state index < -0.39 is 0 Å². The molecule has 0 saturated heterocycles. The second kappa shape index (κ2) is 23.2. The van der Waals surface area contributed by atoms with E-state index in [1.165, 1.54) is 89.9 Å². The Hall–Kier alpha value is -1.06. The maximum Gasteiger partial charge on any atom is 0.221 e. The normalized spacial score (nSPS) is 10.8. The van der Waals surface area contributed by atoms with E-state index in [0.29, 0.717) is 12.8 Å². The number of nitrogens with one attached hydrogen (secondary N) is 2. The molecule has 4 heteroatoms. The van der Waals surface area contributed by atoms with Crippen molar-refractivity contribution in [2.75, 3.05) is 6.67 Å². The number of hydrogen-bond acceptors (Lipinski definition) is 2. The van der Waals surface area contributed by atoms with Gasteiger partial charge in [-0.05, 0) is 12.8 Å². The SMILES string of the molecule is CCCCCCCCCCCC(=O)NCNC(=O)CCCCCCCCCCC. The van der Waals surface area contributed by atoms with Gasteiger partial charge in [-0.15, -0.1) is 0 Å². The zero-order valence-electron chi connectivity index (χ0n) is 19.7. The first-order valence-corrected chi connectivity index (χ1v) is 12.7. The lowest BCUT2D eigenvalue weighted by Gasteiger charge is -2.08. The molecule has 172 valence electrons. The van der Waals surface area contributed by atoms with Gasteiger partial charge in [0.1, 0.15) is 0 Å². The van der Waals surface area contributed by atoms with Gasteiger partial charge in [-0.2, -0.15) is 0 Å². The molecule has 0 saturated carbocycles. The van der Waals surface area contributed by atoms with Gasteiger partial charge in [0.15, 0.2) is 0 Å². The summed E-state index contributed by atoms with van der Waals surface area (Å²) in [7, 11) is 0. The highest BCUT2D eigenvalue weighted by molar-refractivity contribution is 5.78. The summed E-state index contributed by atoms with van der Waals surface area (Å²) < 4.78 is 0. The van der Waals surface area contributed by atoms with Gasteiger partial charge in [0.05, 0.1) is 6.67 Å². The van der Waals surface area contributed by atoms with Crippen LogP contribution in [0, 0.1) is 0 Å². The highest BCUT2D eigenvalue weighted by Crippen LogP contribution is 2.11. The Morgan fingerprint density at radius 3 is 1.03 bits per heavy atom. The first-order valence-electron chi connectivity index (χ1n) is 12.7. The molecule has 0 radical (unpaired) electrons. The summed E-state index contributed by atoms with van der Waals surface area (Å²) in [4.78, 5) is 23.6. The van der Waals surface area contributed by atoms with Crippen LogP contribution in [0.15, 0.2) is 0 Å². The van der Waals surface area contributed by atoms with Crippen LogP contribution < -0.4 is 10.6 Å². The average Bonchev–Trinajstić information content (AvgIpc) is 2.71. The van der Waals surface area contributed by atoms with Gasteiger partial charge < -0.3 is 10.6 Å². The van der Waals surface area contributed by atoms with Gasteiger partial charge in [-0.1, -0.05) is 117 Å². The Morgan fingerprint density at radius 2 is 0.724 bits per heavy atom. The number of carbonyl (C=O) groups is 2. The Morgan fingerprint density at radius 1 is 0.448 bits per heavy atom. The minimum absolute atomic E-state index is 0.0521.